The van der Waals surface area contributed by atoms with Gasteiger partial charge in [0.2, 0.25) is 6.41 Å². The monoisotopic (exact) mass is 264 g/mol. The summed E-state index contributed by atoms with van der Waals surface area (Å²) < 4.78 is 5.62. The van der Waals surface area contributed by atoms with Crippen molar-refractivity contribution in [1.29, 1.82) is 0 Å². The van der Waals surface area contributed by atoms with Crippen LogP contribution in [0.3, 0.4) is 0 Å². The molecule has 1 aromatic carbocycles. The highest BCUT2D eigenvalue weighted by Crippen LogP contribution is 2.21. The van der Waals surface area contributed by atoms with Gasteiger partial charge in [-0.05, 0) is 30.9 Å². The fourth-order valence-corrected chi connectivity index (χ4v) is 2.10. The Bertz CT molecular complexity index is 438. The van der Waals surface area contributed by atoms with Crippen molar-refractivity contribution in [3.63, 3.8) is 0 Å². The number of rotatable bonds is 5. The number of likely N-dealkylation sites (tertiary alicyclic amines) is 1. The van der Waals surface area contributed by atoms with Crippen LogP contribution in [-0.4, -0.2) is 35.9 Å². The van der Waals surface area contributed by atoms with Crippen LogP contribution in [0.15, 0.2) is 24.3 Å². The smallest absolute Gasteiger partial charge is 0.269 e. The number of amides is 1. The van der Waals surface area contributed by atoms with Crippen LogP contribution in [-0.2, 0) is 4.79 Å². The van der Waals surface area contributed by atoms with Gasteiger partial charge >= 0.3 is 0 Å². The zero-order valence-corrected chi connectivity index (χ0v) is 10.5. The van der Waals surface area contributed by atoms with E-state index < -0.39 is 4.92 Å². The van der Waals surface area contributed by atoms with Gasteiger partial charge in [0.05, 0.1) is 11.5 Å². The van der Waals surface area contributed by atoms with Crippen LogP contribution in [0.5, 0.6) is 5.75 Å². The summed E-state index contributed by atoms with van der Waals surface area (Å²) in [4.78, 5) is 22.4. The third kappa shape index (κ3) is 3.67. The molecule has 0 radical (unpaired) electrons. The molecule has 0 aliphatic carbocycles. The Morgan fingerprint density at radius 1 is 1.32 bits per heavy atom. The number of non-ortho nitro benzene ring substituents is 1. The molecule has 0 atom stereocenters. The number of ether oxygens (including phenoxy) is 1. The standard InChI is InChI=1S/C13H16N2O4/c16-10-14-7-5-11(6-8-14)9-19-13-3-1-12(2-4-13)15(17)18/h1-4,10-11H,5-9H2. The largest absolute Gasteiger partial charge is 0.493 e. The first kappa shape index (κ1) is 13.3. The molecule has 0 spiro atoms. The number of piperidine rings is 1. The summed E-state index contributed by atoms with van der Waals surface area (Å²) >= 11 is 0. The lowest BCUT2D eigenvalue weighted by molar-refractivity contribution is -0.384. The van der Waals surface area contributed by atoms with E-state index in [4.69, 9.17) is 4.74 Å². The first-order valence-electron chi connectivity index (χ1n) is 6.25. The van der Waals surface area contributed by atoms with Gasteiger partial charge < -0.3 is 9.64 Å². The molecule has 0 N–H and O–H groups in total. The fourth-order valence-electron chi connectivity index (χ4n) is 2.10. The van der Waals surface area contributed by atoms with E-state index in [0.29, 0.717) is 18.3 Å². The predicted octanol–water partition coefficient (Wildman–Crippen LogP) is 1.84. The summed E-state index contributed by atoms with van der Waals surface area (Å²) in [6, 6.07) is 6.09. The number of benzene rings is 1. The topological polar surface area (TPSA) is 72.7 Å². The van der Waals surface area contributed by atoms with Gasteiger partial charge in [0.15, 0.2) is 0 Å². The third-order valence-corrected chi connectivity index (χ3v) is 3.33. The first-order chi connectivity index (χ1) is 9.19. The van der Waals surface area contributed by atoms with Gasteiger partial charge in [0, 0.05) is 25.2 Å². The minimum absolute atomic E-state index is 0.0617. The molecular formula is C13H16N2O4. The fraction of sp³-hybridized carbons (Fsp3) is 0.462. The molecule has 102 valence electrons. The average Bonchev–Trinajstić information content (AvgIpc) is 2.46. The van der Waals surface area contributed by atoms with Crippen molar-refractivity contribution in [1.82, 2.24) is 4.90 Å². The zero-order chi connectivity index (χ0) is 13.7. The van der Waals surface area contributed by atoms with E-state index in [1.165, 1.54) is 12.1 Å². The maximum atomic E-state index is 10.6. The van der Waals surface area contributed by atoms with Crippen LogP contribution in [0.25, 0.3) is 0 Å². The van der Waals surface area contributed by atoms with Crippen LogP contribution < -0.4 is 4.74 Å². The molecule has 1 aliphatic rings. The maximum Gasteiger partial charge on any atom is 0.269 e. The molecule has 6 nitrogen and oxygen atoms in total. The molecule has 0 unspecified atom stereocenters. The van der Waals surface area contributed by atoms with Crippen molar-refractivity contribution in [2.24, 2.45) is 5.92 Å². The summed E-state index contributed by atoms with van der Waals surface area (Å²) in [5, 5.41) is 10.5. The van der Waals surface area contributed by atoms with Crippen LogP contribution in [0.4, 0.5) is 5.69 Å². The van der Waals surface area contributed by atoms with E-state index in [0.717, 1.165) is 32.3 Å². The highest BCUT2D eigenvalue weighted by Gasteiger charge is 2.18. The van der Waals surface area contributed by atoms with Gasteiger partial charge in [0.1, 0.15) is 5.75 Å². The first-order valence-corrected chi connectivity index (χ1v) is 6.25. The van der Waals surface area contributed by atoms with Crippen molar-refractivity contribution >= 4 is 12.1 Å². The molecule has 1 saturated heterocycles. The van der Waals surface area contributed by atoms with E-state index in [1.807, 2.05) is 0 Å². The molecule has 0 bridgehead atoms. The molecule has 0 aromatic heterocycles. The van der Waals surface area contributed by atoms with Gasteiger partial charge in [0.25, 0.3) is 5.69 Å². The summed E-state index contributed by atoms with van der Waals surface area (Å²) in [6.45, 7) is 2.14. The van der Waals surface area contributed by atoms with Crippen LogP contribution in [0.2, 0.25) is 0 Å². The van der Waals surface area contributed by atoms with E-state index in [2.05, 4.69) is 0 Å². The number of hydrogen-bond donors (Lipinski definition) is 0. The molecule has 1 aliphatic heterocycles. The highest BCUT2D eigenvalue weighted by molar-refractivity contribution is 5.47. The molecule has 1 amide bonds. The number of hydrogen-bond acceptors (Lipinski definition) is 4. The van der Waals surface area contributed by atoms with E-state index >= 15 is 0 Å². The summed E-state index contributed by atoms with van der Waals surface area (Å²) in [7, 11) is 0. The number of nitrogens with zero attached hydrogens (tertiary/aromatic N) is 2. The lowest BCUT2D eigenvalue weighted by Crippen LogP contribution is -2.34. The minimum Gasteiger partial charge on any atom is -0.493 e. The van der Waals surface area contributed by atoms with Gasteiger partial charge in [-0.3, -0.25) is 14.9 Å². The Labute approximate surface area is 111 Å². The summed E-state index contributed by atoms with van der Waals surface area (Å²) in [6.07, 6.45) is 2.75. The molecule has 0 saturated carbocycles. The molecule has 1 heterocycles. The number of nitro benzene ring substituents is 1. The quantitative estimate of drug-likeness (QED) is 0.462. The Morgan fingerprint density at radius 2 is 1.95 bits per heavy atom. The van der Waals surface area contributed by atoms with Crippen molar-refractivity contribution in [2.45, 2.75) is 12.8 Å². The normalized spacial score (nSPS) is 16.1. The highest BCUT2D eigenvalue weighted by atomic mass is 16.6. The molecule has 6 heteroatoms. The van der Waals surface area contributed by atoms with Gasteiger partial charge in [-0.25, -0.2) is 0 Å². The molecule has 1 aromatic rings. The van der Waals surface area contributed by atoms with Gasteiger partial charge in [-0.1, -0.05) is 0 Å². The molecule has 1 fully saturated rings. The van der Waals surface area contributed by atoms with Gasteiger partial charge in [-0.2, -0.15) is 0 Å². The van der Waals surface area contributed by atoms with E-state index in [1.54, 1.807) is 17.0 Å². The van der Waals surface area contributed by atoms with E-state index in [9.17, 15) is 14.9 Å². The van der Waals surface area contributed by atoms with Crippen LogP contribution in [0, 0.1) is 16.0 Å². The average molecular weight is 264 g/mol. The second kappa shape index (κ2) is 6.17. The van der Waals surface area contributed by atoms with Gasteiger partial charge in [-0.15, -0.1) is 0 Å². The van der Waals surface area contributed by atoms with Crippen molar-refractivity contribution in [2.75, 3.05) is 19.7 Å². The Hall–Kier alpha value is -2.11. The van der Waals surface area contributed by atoms with Crippen molar-refractivity contribution in [3.8, 4) is 5.75 Å². The number of carbonyl (C=O) groups excluding carboxylic acids is 1. The Kier molecular flexibility index (Phi) is 4.33. The second-order valence-electron chi connectivity index (χ2n) is 4.65. The summed E-state index contributed by atoms with van der Waals surface area (Å²) in [5.74, 6) is 1.08. The zero-order valence-electron chi connectivity index (χ0n) is 10.5. The molecule has 19 heavy (non-hydrogen) atoms. The lowest BCUT2D eigenvalue weighted by atomic mass is 9.98. The number of nitro groups is 1. The lowest BCUT2D eigenvalue weighted by Gasteiger charge is -2.28. The molecular weight excluding hydrogens is 248 g/mol. The Balaban J connectivity index is 1.79. The van der Waals surface area contributed by atoms with Crippen molar-refractivity contribution < 1.29 is 14.5 Å². The predicted molar refractivity (Wildman–Crippen MR) is 69.0 cm³/mol. The maximum absolute atomic E-state index is 10.6. The van der Waals surface area contributed by atoms with Crippen molar-refractivity contribution in [3.05, 3.63) is 34.4 Å². The van der Waals surface area contributed by atoms with Crippen LogP contribution >= 0.6 is 0 Å². The Morgan fingerprint density at radius 3 is 2.47 bits per heavy atom. The second-order valence-corrected chi connectivity index (χ2v) is 4.65. The van der Waals surface area contributed by atoms with Crippen LogP contribution in [0.1, 0.15) is 12.8 Å². The SMILES string of the molecule is O=CN1CCC(COc2ccc([N+](=O)[O-])cc2)CC1. The van der Waals surface area contributed by atoms with E-state index in [-0.39, 0.29) is 5.69 Å². The third-order valence-electron chi connectivity index (χ3n) is 3.33. The molecule has 2 rings (SSSR count). The number of carbonyl (C=O) groups is 1. The minimum atomic E-state index is -0.432. The summed E-state index contributed by atoms with van der Waals surface area (Å²) in [5.41, 5.74) is 0.0617.